The summed E-state index contributed by atoms with van der Waals surface area (Å²) in [7, 11) is -3.69. The molecule has 0 heterocycles. The Hall–Kier alpha value is -1.01. The van der Waals surface area contributed by atoms with Crippen molar-refractivity contribution in [1.29, 1.82) is 0 Å². The molecule has 0 aliphatic rings. The van der Waals surface area contributed by atoms with Crippen molar-refractivity contribution in [1.82, 2.24) is 0 Å². The van der Waals surface area contributed by atoms with E-state index in [-0.39, 0.29) is 12.0 Å². The van der Waals surface area contributed by atoms with E-state index in [0.717, 1.165) is 6.07 Å². The highest BCUT2D eigenvalue weighted by atomic mass is 32.2. The van der Waals surface area contributed by atoms with Gasteiger partial charge in [-0.3, -0.25) is 0 Å². The number of primary sulfonamides is 1. The largest absolute Gasteiger partial charge is 0.228 e. The van der Waals surface area contributed by atoms with E-state index in [9.17, 15) is 17.2 Å². The van der Waals surface area contributed by atoms with E-state index in [4.69, 9.17) is 5.14 Å². The molecule has 0 bridgehead atoms. The monoisotopic (exact) mass is 235 g/mol. The summed E-state index contributed by atoms with van der Waals surface area (Å²) < 4.78 is 47.4. The number of nitrogens with two attached hydrogens (primary N) is 1. The second-order valence-electron chi connectivity index (χ2n) is 3.34. The van der Waals surface area contributed by atoms with Crippen LogP contribution in [0.5, 0.6) is 0 Å². The summed E-state index contributed by atoms with van der Waals surface area (Å²) in [4.78, 5) is 0. The quantitative estimate of drug-likeness (QED) is 0.855. The molecule has 6 heteroatoms. The third-order valence-corrected chi connectivity index (χ3v) is 3.37. The molecule has 1 aromatic rings. The molecule has 0 spiro atoms. The van der Waals surface area contributed by atoms with E-state index in [1.807, 2.05) is 0 Å². The molecule has 0 amide bonds. The zero-order valence-corrected chi connectivity index (χ0v) is 8.89. The van der Waals surface area contributed by atoms with Crippen molar-refractivity contribution in [3.05, 3.63) is 35.4 Å². The smallest absolute Gasteiger partial charge is 0.212 e. The third-order valence-electron chi connectivity index (χ3n) is 2.08. The van der Waals surface area contributed by atoms with E-state index in [2.05, 4.69) is 0 Å². The number of hydrogen-bond acceptors (Lipinski definition) is 2. The average molecular weight is 235 g/mol. The first-order chi connectivity index (χ1) is 6.80. The zero-order valence-electron chi connectivity index (χ0n) is 8.07. The van der Waals surface area contributed by atoms with Crippen LogP contribution in [0.15, 0.2) is 18.2 Å². The van der Waals surface area contributed by atoms with Gasteiger partial charge in [-0.2, -0.15) is 0 Å². The molecule has 1 rings (SSSR count). The second-order valence-corrected chi connectivity index (χ2v) is 5.32. The Labute approximate surface area is 87.0 Å². The number of halogens is 2. The van der Waals surface area contributed by atoms with Crippen LogP contribution in [0.3, 0.4) is 0 Å². The van der Waals surface area contributed by atoms with Crippen LogP contribution in [0.1, 0.15) is 12.5 Å². The molecule has 0 radical (unpaired) electrons. The molecule has 0 saturated heterocycles. The van der Waals surface area contributed by atoms with Gasteiger partial charge in [-0.05, 0) is 25.0 Å². The lowest BCUT2D eigenvalue weighted by atomic mass is 10.1. The number of benzene rings is 1. The Morgan fingerprint density at radius 3 is 2.47 bits per heavy atom. The van der Waals surface area contributed by atoms with Gasteiger partial charge in [0.2, 0.25) is 10.0 Å². The molecule has 0 aliphatic heterocycles. The normalized spacial score (nSPS) is 13.9. The Bertz CT molecular complexity index is 459. The van der Waals surface area contributed by atoms with Crippen molar-refractivity contribution >= 4 is 10.0 Å². The van der Waals surface area contributed by atoms with E-state index < -0.39 is 26.9 Å². The first-order valence-electron chi connectivity index (χ1n) is 4.26. The highest BCUT2D eigenvalue weighted by Gasteiger charge is 2.17. The topological polar surface area (TPSA) is 60.2 Å². The Balaban J connectivity index is 2.91. The molecule has 0 saturated carbocycles. The minimum absolute atomic E-state index is 0.0645. The van der Waals surface area contributed by atoms with Crippen molar-refractivity contribution in [2.24, 2.45) is 5.14 Å². The van der Waals surface area contributed by atoms with Gasteiger partial charge >= 0.3 is 0 Å². The highest BCUT2D eigenvalue weighted by molar-refractivity contribution is 7.89. The van der Waals surface area contributed by atoms with Crippen molar-refractivity contribution in [3.8, 4) is 0 Å². The van der Waals surface area contributed by atoms with Crippen LogP contribution < -0.4 is 5.14 Å². The summed E-state index contributed by atoms with van der Waals surface area (Å²) in [6.07, 6.45) is -0.0645. The number of rotatable bonds is 3. The molecular formula is C9H11F2NO2S. The predicted molar refractivity (Wildman–Crippen MR) is 52.6 cm³/mol. The average Bonchev–Trinajstić information content (AvgIpc) is 2.08. The van der Waals surface area contributed by atoms with Gasteiger partial charge < -0.3 is 0 Å². The molecular weight excluding hydrogens is 224 g/mol. The van der Waals surface area contributed by atoms with Crippen molar-refractivity contribution in [2.45, 2.75) is 18.6 Å². The summed E-state index contributed by atoms with van der Waals surface area (Å²) in [5.41, 5.74) is 0.137. The Morgan fingerprint density at radius 2 is 2.00 bits per heavy atom. The highest BCUT2D eigenvalue weighted by Crippen LogP contribution is 2.13. The van der Waals surface area contributed by atoms with Gasteiger partial charge in [-0.1, -0.05) is 6.07 Å². The van der Waals surface area contributed by atoms with Crippen molar-refractivity contribution in [3.63, 3.8) is 0 Å². The van der Waals surface area contributed by atoms with Gasteiger partial charge in [0.15, 0.2) is 0 Å². The number of hydrogen-bond donors (Lipinski definition) is 1. The van der Waals surface area contributed by atoms with Crippen molar-refractivity contribution in [2.75, 3.05) is 0 Å². The first-order valence-corrected chi connectivity index (χ1v) is 5.87. The maximum atomic E-state index is 13.1. The Morgan fingerprint density at radius 1 is 1.40 bits per heavy atom. The molecule has 1 unspecified atom stereocenters. The van der Waals surface area contributed by atoms with Crippen LogP contribution in [-0.2, 0) is 16.4 Å². The molecule has 0 aromatic heterocycles. The lowest BCUT2D eigenvalue weighted by Gasteiger charge is -2.09. The summed E-state index contributed by atoms with van der Waals surface area (Å²) in [6, 6.07) is 3.01. The van der Waals surface area contributed by atoms with Crippen LogP contribution >= 0.6 is 0 Å². The first kappa shape index (κ1) is 12.1. The molecule has 2 N–H and O–H groups in total. The van der Waals surface area contributed by atoms with E-state index in [1.54, 1.807) is 0 Å². The fourth-order valence-corrected chi connectivity index (χ4v) is 1.52. The van der Waals surface area contributed by atoms with Crippen LogP contribution in [0.25, 0.3) is 0 Å². The molecule has 0 fully saturated rings. The lowest BCUT2D eigenvalue weighted by Crippen LogP contribution is -2.27. The van der Waals surface area contributed by atoms with Gasteiger partial charge in [0, 0.05) is 6.07 Å². The number of sulfonamides is 1. The summed E-state index contributed by atoms with van der Waals surface area (Å²) in [6.45, 7) is 1.37. The fraction of sp³-hybridized carbons (Fsp3) is 0.333. The minimum atomic E-state index is -3.69. The summed E-state index contributed by atoms with van der Waals surface area (Å²) in [5.74, 6) is -1.45. The van der Waals surface area contributed by atoms with Crippen LogP contribution in [0.4, 0.5) is 8.78 Å². The van der Waals surface area contributed by atoms with E-state index in [0.29, 0.717) is 6.07 Å². The van der Waals surface area contributed by atoms with E-state index in [1.165, 1.54) is 13.0 Å². The lowest BCUT2D eigenvalue weighted by molar-refractivity contribution is 0.564. The summed E-state index contributed by atoms with van der Waals surface area (Å²) in [5, 5.41) is 3.99. The molecule has 1 atom stereocenters. The summed E-state index contributed by atoms with van der Waals surface area (Å²) >= 11 is 0. The standard InChI is InChI=1S/C9H11F2NO2S/c1-6(15(12,13)14)4-7-2-3-8(10)5-9(7)11/h2-3,5-6H,4H2,1H3,(H2,12,13,14). The van der Waals surface area contributed by atoms with Crippen LogP contribution in [0, 0.1) is 11.6 Å². The van der Waals surface area contributed by atoms with Gasteiger partial charge in [-0.25, -0.2) is 22.3 Å². The molecule has 1 aromatic carbocycles. The SMILES string of the molecule is CC(Cc1ccc(F)cc1F)S(N)(=O)=O. The molecule has 15 heavy (non-hydrogen) atoms. The van der Waals surface area contributed by atoms with Gasteiger partial charge in [-0.15, -0.1) is 0 Å². The molecule has 84 valence electrons. The third kappa shape index (κ3) is 3.24. The van der Waals surface area contributed by atoms with Gasteiger partial charge in [0.25, 0.3) is 0 Å². The van der Waals surface area contributed by atoms with Gasteiger partial charge in [0.05, 0.1) is 5.25 Å². The molecule has 3 nitrogen and oxygen atoms in total. The zero-order chi connectivity index (χ0) is 11.6. The van der Waals surface area contributed by atoms with Gasteiger partial charge in [0.1, 0.15) is 11.6 Å². The van der Waals surface area contributed by atoms with Crippen LogP contribution in [0.2, 0.25) is 0 Å². The maximum absolute atomic E-state index is 13.1. The van der Waals surface area contributed by atoms with E-state index >= 15 is 0 Å². The van der Waals surface area contributed by atoms with Crippen molar-refractivity contribution < 1.29 is 17.2 Å². The van der Waals surface area contributed by atoms with Crippen LogP contribution in [-0.4, -0.2) is 13.7 Å². The second kappa shape index (κ2) is 4.24. The predicted octanol–water partition coefficient (Wildman–Crippen LogP) is 1.18. The maximum Gasteiger partial charge on any atom is 0.212 e. The Kier molecular flexibility index (Phi) is 3.41. The minimum Gasteiger partial charge on any atom is -0.228 e. The molecule has 0 aliphatic carbocycles. The fourth-order valence-electron chi connectivity index (χ4n) is 1.11.